The van der Waals surface area contributed by atoms with Gasteiger partial charge in [0.05, 0.1) is 12.2 Å². The number of anilines is 2. The van der Waals surface area contributed by atoms with Crippen molar-refractivity contribution < 1.29 is 17.2 Å². The van der Waals surface area contributed by atoms with Crippen molar-refractivity contribution in [1.29, 1.82) is 0 Å². The molecule has 33 heavy (non-hydrogen) atoms. The SMILES string of the molecule is C[C@@H](c1ccccc1F)c1c(F)ccc2c1NC(=NCc1ccc(N(C)C)cc1)NS2(=O)=O. The highest BCUT2D eigenvalue weighted by Crippen LogP contribution is 2.38. The predicted molar refractivity (Wildman–Crippen MR) is 126 cm³/mol. The second-order valence-corrected chi connectivity index (χ2v) is 9.68. The Kier molecular flexibility index (Phi) is 6.07. The van der Waals surface area contributed by atoms with Gasteiger partial charge in [0.2, 0.25) is 5.96 Å². The first-order valence-electron chi connectivity index (χ1n) is 10.3. The molecule has 6 nitrogen and oxygen atoms in total. The van der Waals surface area contributed by atoms with E-state index in [0.717, 1.165) is 17.3 Å². The van der Waals surface area contributed by atoms with Crippen LogP contribution in [0.15, 0.2) is 70.6 Å². The molecule has 0 saturated carbocycles. The number of benzene rings is 3. The van der Waals surface area contributed by atoms with Crippen LogP contribution in [0, 0.1) is 11.6 Å². The van der Waals surface area contributed by atoms with Gasteiger partial charge >= 0.3 is 0 Å². The fourth-order valence-corrected chi connectivity index (χ4v) is 4.96. The normalized spacial score (nSPS) is 16.5. The van der Waals surface area contributed by atoms with Gasteiger partial charge in [-0.25, -0.2) is 26.9 Å². The van der Waals surface area contributed by atoms with Gasteiger partial charge in [0.15, 0.2) is 0 Å². The Morgan fingerprint density at radius 2 is 1.67 bits per heavy atom. The molecule has 0 radical (unpaired) electrons. The molecule has 1 aliphatic heterocycles. The summed E-state index contributed by atoms with van der Waals surface area (Å²) in [7, 11) is -0.115. The smallest absolute Gasteiger partial charge is 0.266 e. The van der Waals surface area contributed by atoms with Crippen molar-refractivity contribution >= 4 is 27.4 Å². The summed E-state index contributed by atoms with van der Waals surface area (Å²) in [5.74, 6) is -1.88. The van der Waals surface area contributed by atoms with Crippen LogP contribution in [-0.4, -0.2) is 28.5 Å². The van der Waals surface area contributed by atoms with Crippen molar-refractivity contribution in [2.24, 2.45) is 4.99 Å². The summed E-state index contributed by atoms with van der Waals surface area (Å²) < 4.78 is 57.5. The van der Waals surface area contributed by atoms with Crippen LogP contribution in [0.3, 0.4) is 0 Å². The molecule has 0 bridgehead atoms. The summed E-state index contributed by atoms with van der Waals surface area (Å²) in [6.45, 7) is 1.85. The minimum Gasteiger partial charge on any atom is -0.378 e. The maximum Gasteiger partial charge on any atom is 0.266 e. The van der Waals surface area contributed by atoms with Crippen molar-refractivity contribution in [3.63, 3.8) is 0 Å². The molecule has 4 rings (SSSR count). The van der Waals surface area contributed by atoms with Crippen LogP contribution in [0.5, 0.6) is 0 Å². The molecule has 172 valence electrons. The van der Waals surface area contributed by atoms with E-state index in [1.54, 1.807) is 25.1 Å². The second-order valence-electron chi connectivity index (χ2n) is 8.03. The Hall–Kier alpha value is -3.46. The van der Waals surface area contributed by atoms with E-state index in [1.807, 2.05) is 43.3 Å². The Bertz CT molecular complexity index is 1320. The lowest BCUT2D eigenvalue weighted by atomic mass is 9.91. The first-order chi connectivity index (χ1) is 15.7. The van der Waals surface area contributed by atoms with E-state index < -0.39 is 27.6 Å². The number of halogens is 2. The van der Waals surface area contributed by atoms with E-state index in [-0.39, 0.29) is 34.2 Å². The molecular weight excluding hydrogens is 446 g/mol. The molecule has 0 spiro atoms. The van der Waals surface area contributed by atoms with Crippen LogP contribution in [0.1, 0.15) is 29.5 Å². The molecule has 9 heteroatoms. The van der Waals surface area contributed by atoms with Gasteiger partial charge in [-0.05, 0) is 41.5 Å². The van der Waals surface area contributed by atoms with Crippen LogP contribution in [0.2, 0.25) is 0 Å². The number of rotatable bonds is 5. The Labute approximate surface area is 192 Å². The van der Waals surface area contributed by atoms with Gasteiger partial charge in [-0.3, -0.25) is 0 Å². The summed E-state index contributed by atoms with van der Waals surface area (Å²) in [5, 5.41) is 2.92. The van der Waals surface area contributed by atoms with Gasteiger partial charge in [0.25, 0.3) is 10.0 Å². The lowest BCUT2D eigenvalue weighted by molar-refractivity contribution is 0.577. The lowest BCUT2D eigenvalue weighted by Gasteiger charge is -2.26. The first kappa shape index (κ1) is 22.7. The van der Waals surface area contributed by atoms with Crippen LogP contribution < -0.4 is 14.9 Å². The third-order valence-corrected chi connectivity index (χ3v) is 6.98. The summed E-state index contributed by atoms with van der Waals surface area (Å²) in [5.41, 5.74) is 2.29. The maximum atomic E-state index is 15.0. The first-order valence-corrected chi connectivity index (χ1v) is 11.8. The Balaban J connectivity index is 1.71. The average molecular weight is 471 g/mol. The largest absolute Gasteiger partial charge is 0.378 e. The molecule has 3 aromatic carbocycles. The standard InChI is InChI=1S/C24H24F2N4O2S/c1-15(18-6-4-5-7-19(18)25)22-20(26)12-13-21-23(22)28-24(29-33(21,31)32)27-14-16-8-10-17(11-9-16)30(2)3/h4-13,15H,14H2,1-3H3,(H2,27,28,29)/t15-/m0/s1. The number of sulfonamides is 1. The summed E-state index contributed by atoms with van der Waals surface area (Å²) >= 11 is 0. The van der Waals surface area contributed by atoms with E-state index in [1.165, 1.54) is 12.1 Å². The molecule has 3 aromatic rings. The lowest BCUT2D eigenvalue weighted by Crippen LogP contribution is -2.41. The zero-order valence-electron chi connectivity index (χ0n) is 18.4. The number of aliphatic imine (C=N–C) groups is 1. The molecule has 0 aliphatic carbocycles. The monoisotopic (exact) mass is 470 g/mol. The molecule has 1 aliphatic rings. The summed E-state index contributed by atoms with van der Waals surface area (Å²) in [6.07, 6.45) is 0. The van der Waals surface area contributed by atoms with E-state index >= 15 is 0 Å². The molecule has 2 N–H and O–H groups in total. The highest BCUT2D eigenvalue weighted by atomic mass is 32.2. The third-order valence-electron chi connectivity index (χ3n) is 5.60. The third kappa shape index (κ3) is 4.54. The van der Waals surface area contributed by atoms with Gasteiger partial charge in [0, 0.05) is 31.3 Å². The summed E-state index contributed by atoms with van der Waals surface area (Å²) in [4.78, 5) is 6.20. The number of hydrogen-bond donors (Lipinski definition) is 2. The van der Waals surface area contributed by atoms with Gasteiger partial charge in [-0.15, -0.1) is 0 Å². The van der Waals surface area contributed by atoms with Gasteiger partial charge in [-0.1, -0.05) is 37.3 Å². The van der Waals surface area contributed by atoms with Crippen molar-refractivity contribution in [3.05, 3.63) is 89.0 Å². The van der Waals surface area contributed by atoms with Crippen LogP contribution in [0.25, 0.3) is 0 Å². The zero-order chi connectivity index (χ0) is 23.8. The number of fused-ring (bicyclic) bond motifs is 1. The minimum atomic E-state index is -3.99. The van der Waals surface area contributed by atoms with Crippen molar-refractivity contribution in [3.8, 4) is 0 Å². The Morgan fingerprint density at radius 3 is 2.33 bits per heavy atom. The highest BCUT2D eigenvalue weighted by molar-refractivity contribution is 7.90. The van der Waals surface area contributed by atoms with E-state index in [0.29, 0.717) is 0 Å². The molecule has 0 aromatic heterocycles. The quantitative estimate of drug-likeness (QED) is 0.578. The van der Waals surface area contributed by atoms with Gasteiger partial charge in [0.1, 0.15) is 16.5 Å². The van der Waals surface area contributed by atoms with Crippen molar-refractivity contribution in [1.82, 2.24) is 4.72 Å². The molecular formula is C24H24F2N4O2S. The van der Waals surface area contributed by atoms with E-state index in [4.69, 9.17) is 0 Å². The topological polar surface area (TPSA) is 73.8 Å². The maximum absolute atomic E-state index is 15.0. The number of nitrogens with zero attached hydrogens (tertiary/aromatic N) is 2. The molecule has 0 saturated heterocycles. The molecule has 0 amide bonds. The zero-order valence-corrected chi connectivity index (χ0v) is 19.2. The van der Waals surface area contributed by atoms with Crippen molar-refractivity contribution in [2.45, 2.75) is 24.3 Å². The highest BCUT2D eigenvalue weighted by Gasteiger charge is 2.32. The molecule has 0 fully saturated rings. The van der Waals surface area contributed by atoms with Gasteiger partial charge < -0.3 is 10.2 Å². The number of nitrogens with one attached hydrogen (secondary N) is 2. The predicted octanol–water partition coefficient (Wildman–Crippen LogP) is 4.44. The minimum absolute atomic E-state index is 0.0215. The molecule has 1 atom stereocenters. The number of guanidine groups is 1. The fraction of sp³-hybridized carbons (Fsp3) is 0.208. The van der Waals surface area contributed by atoms with Crippen LogP contribution in [0.4, 0.5) is 20.2 Å². The summed E-state index contributed by atoms with van der Waals surface area (Å²) in [6, 6.07) is 16.0. The van der Waals surface area contributed by atoms with Gasteiger partial charge in [-0.2, -0.15) is 0 Å². The van der Waals surface area contributed by atoms with Crippen molar-refractivity contribution in [2.75, 3.05) is 24.3 Å². The number of hydrogen-bond acceptors (Lipinski definition) is 4. The average Bonchev–Trinajstić information content (AvgIpc) is 2.77. The Morgan fingerprint density at radius 1 is 0.970 bits per heavy atom. The molecule has 0 unspecified atom stereocenters. The molecule has 1 heterocycles. The van der Waals surface area contributed by atoms with E-state index in [9.17, 15) is 17.2 Å². The van der Waals surface area contributed by atoms with Crippen LogP contribution >= 0.6 is 0 Å². The van der Waals surface area contributed by atoms with E-state index in [2.05, 4.69) is 15.0 Å². The van der Waals surface area contributed by atoms with Crippen LogP contribution in [-0.2, 0) is 16.6 Å². The fourth-order valence-electron chi connectivity index (χ4n) is 3.80. The second kappa shape index (κ2) is 8.82.